The highest BCUT2D eigenvalue weighted by Crippen LogP contribution is 2.35. The lowest BCUT2D eigenvalue weighted by Gasteiger charge is -2.33. The highest BCUT2D eigenvalue weighted by Gasteiger charge is 2.26. The number of nitrogens with one attached hydrogen (secondary N) is 1. The molecular formula is C29H39N9O2. The first-order chi connectivity index (χ1) is 19.3. The summed E-state index contributed by atoms with van der Waals surface area (Å²) in [7, 11) is 4.04. The summed E-state index contributed by atoms with van der Waals surface area (Å²) in [6.45, 7) is 13.6. The van der Waals surface area contributed by atoms with Gasteiger partial charge >= 0.3 is 0 Å². The first-order valence-electron chi connectivity index (χ1n) is 14.2. The second-order valence-electron chi connectivity index (χ2n) is 11.1. The molecule has 11 heteroatoms. The number of pyridine rings is 1. The number of hydrogen-bond acceptors (Lipinski definition) is 8. The van der Waals surface area contributed by atoms with E-state index in [-0.39, 0.29) is 12.1 Å². The Labute approximate surface area is 234 Å². The van der Waals surface area contributed by atoms with E-state index in [0.717, 1.165) is 71.0 Å². The monoisotopic (exact) mass is 545 g/mol. The van der Waals surface area contributed by atoms with Crippen molar-refractivity contribution >= 4 is 23.1 Å². The van der Waals surface area contributed by atoms with Crippen LogP contribution in [0.25, 0.3) is 34.3 Å². The van der Waals surface area contributed by atoms with E-state index < -0.39 is 0 Å². The van der Waals surface area contributed by atoms with Gasteiger partial charge in [-0.3, -0.25) is 19.7 Å². The Morgan fingerprint density at radius 1 is 1.20 bits per heavy atom. The van der Waals surface area contributed by atoms with Gasteiger partial charge in [-0.2, -0.15) is 10.2 Å². The molecule has 1 fully saturated rings. The summed E-state index contributed by atoms with van der Waals surface area (Å²) >= 11 is 0. The Morgan fingerprint density at radius 3 is 2.77 bits per heavy atom. The molecule has 6 rings (SSSR count). The van der Waals surface area contributed by atoms with Crippen molar-refractivity contribution in [1.29, 1.82) is 0 Å². The molecule has 1 N–H and O–H groups in total. The zero-order chi connectivity index (χ0) is 28.0. The summed E-state index contributed by atoms with van der Waals surface area (Å²) < 4.78 is 16.6. The lowest BCUT2D eigenvalue weighted by Crippen LogP contribution is -2.41. The molecule has 0 amide bonds. The average molecular weight is 546 g/mol. The predicted molar refractivity (Wildman–Crippen MR) is 155 cm³/mol. The van der Waals surface area contributed by atoms with Crippen LogP contribution in [0.3, 0.4) is 0 Å². The molecule has 40 heavy (non-hydrogen) atoms. The number of ether oxygens (including phenoxy) is 2. The van der Waals surface area contributed by atoms with Gasteiger partial charge in [0.2, 0.25) is 11.8 Å². The Balaban J connectivity index is 1.49. The Kier molecular flexibility index (Phi) is 7.09. The van der Waals surface area contributed by atoms with Gasteiger partial charge in [-0.05, 0) is 72.5 Å². The minimum absolute atomic E-state index is 0.0860. The van der Waals surface area contributed by atoms with Crippen molar-refractivity contribution in [2.45, 2.75) is 52.8 Å². The average Bonchev–Trinajstić information content (AvgIpc) is 3.52. The van der Waals surface area contributed by atoms with Crippen molar-refractivity contribution in [1.82, 2.24) is 44.5 Å². The van der Waals surface area contributed by atoms with Crippen LogP contribution in [0.1, 0.15) is 55.9 Å². The number of rotatable bonds is 5. The maximum atomic E-state index is 6.55. The van der Waals surface area contributed by atoms with E-state index in [9.17, 15) is 0 Å². The van der Waals surface area contributed by atoms with Crippen LogP contribution in [0.15, 0.2) is 12.3 Å². The zero-order valence-electron chi connectivity index (χ0n) is 24.3. The largest absolute Gasteiger partial charge is 0.476 e. The van der Waals surface area contributed by atoms with Crippen LogP contribution in [-0.4, -0.2) is 90.5 Å². The van der Waals surface area contributed by atoms with E-state index in [1.165, 1.54) is 6.42 Å². The van der Waals surface area contributed by atoms with Gasteiger partial charge < -0.3 is 14.4 Å². The van der Waals surface area contributed by atoms with Crippen LogP contribution in [0.4, 0.5) is 0 Å². The van der Waals surface area contributed by atoms with Crippen LogP contribution >= 0.6 is 0 Å². The second-order valence-corrected chi connectivity index (χ2v) is 11.1. The summed E-state index contributed by atoms with van der Waals surface area (Å²) in [6, 6.07) is 2.27. The smallest absolute Gasteiger partial charge is 0.240 e. The number of hydrogen-bond donors (Lipinski definition) is 1. The SMILES string of the molecule is CCOc1nn([C@@H](C)CN2CCC2)c2c1/C=C/c1n[nH]c3cnc(cc13)-c1c(C)nn(C)c1O[C@@H](C)CN(C)C2. The summed E-state index contributed by atoms with van der Waals surface area (Å²) in [5, 5.41) is 18.4. The van der Waals surface area contributed by atoms with Crippen LogP contribution < -0.4 is 9.47 Å². The van der Waals surface area contributed by atoms with Gasteiger partial charge in [0.1, 0.15) is 6.10 Å². The lowest BCUT2D eigenvalue weighted by atomic mass is 10.1. The fourth-order valence-corrected chi connectivity index (χ4v) is 5.82. The maximum Gasteiger partial charge on any atom is 0.240 e. The molecule has 1 saturated heterocycles. The van der Waals surface area contributed by atoms with E-state index in [4.69, 9.17) is 19.6 Å². The molecule has 0 saturated carbocycles. The molecule has 0 radical (unpaired) electrons. The van der Waals surface area contributed by atoms with Crippen LogP contribution in [0.2, 0.25) is 0 Å². The molecule has 6 heterocycles. The highest BCUT2D eigenvalue weighted by molar-refractivity contribution is 5.92. The number of H-pyrrole nitrogens is 1. The molecule has 11 nitrogen and oxygen atoms in total. The molecule has 212 valence electrons. The number of aromatic nitrogens is 7. The molecule has 0 aliphatic carbocycles. The highest BCUT2D eigenvalue weighted by atomic mass is 16.5. The molecule has 0 aromatic carbocycles. The first-order valence-corrected chi connectivity index (χ1v) is 14.2. The zero-order valence-corrected chi connectivity index (χ0v) is 24.3. The van der Waals surface area contributed by atoms with Gasteiger partial charge in [0, 0.05) is 32.1 Å². The van der Waals surface area contributed by atoms with Crippen molar-refractivity contribution < 1.29 is 9.47 Å². The molecule has 2 aliphatic rings. The first kappa shape index (κ1) is 26.5. The maximum absolute atomic E-state index is 6.55. The van der Waals surface area contributed by atoms with Gasteiger partial charge in [-0.25, -0.2) is 4.68 Å². The number of fused-ring (bicyclic) bond motifs is 4. The van der Waals surface area contributed by atoms with Gasteiger partial charge in [0.05, 0.1) is 58.3 Å². The van der Waals surface area contributed by atoms with Crippen molar-refractivity contribution in [3.05, 3.63) is 34.9 Å². The normalized spacial score (nSPS) is 19.8. The molecule has 0 unspecified atom stereocenters. The van der Waals surface area contributed by atoms with E-state index in [2.05, 4.69) is 62.8 Å². The number of aromatic amines is 1. The number of likely N-dealkylation sites (tertiary alicyclic amines) is 1. The molecule has 2 bridgehead atoms. The predicted octanol–water partition coefficient (Wildman–Crippen LogP) is 3.91. The van der Waals surface area contributed by atoms with Gasteiger partial charge in [-0.15, -0.1) is 5.10 Å². The van der Waals surface area contributed by atoms with Gasteiger partial charge in [-0.1, -0.05) is 0 Å². The lowest BCUT2D eigenvalue weighted by molar-refractivity contribution is 0.140. The molecule has 4 aromatic heterocycles. The van der Waals surface area contributed by atoms with Crippen molar-refractivity contribution in [3.8, 4) is 23.0 Å². The van der Waals surface area contributed by atoms with Gasteiger partial charge in [0.15, 0.2) is 0 Å². The molecular weight excluding hydrogens is 506 g/mol. The van der Waals surface area contributed by atoms with Crippen molar-refractivity contribution in [2.24, 2.45) is 7.05 Å². The minimum atomic E-state index is -0.0860. The second kappa shape index (κ2) is 10.7. The molecule has 2 atom stereocenters. The Bertz CT molecular complexity index is 1540. The third-order valence-corrected chi connectivity index (χ3v) is 7.80. The van der Waals surface area contributed by atoms with Gasteiger partial charge in [0.25, 0.3) is 0 Å². The van der Waals surface area contributed by atoms with E-state index in [1.807, 2.05) is 33.2 Å². The number of aryl methyl sites for hydroxylation is 2. The molecule has 0 spiro atoms. The third kappa shape index (κ3) is 4.88. The fourth-order valence-electron chi connectivity index (χ4n) is 5.82. The Morgan fingerprint density at radius 2 is 2.02 bits per heavy atom. The van der Waals surface area contributed by atoms with Crippen molar-refractivity contribution in [3.63, 3.8) is 0 Å². The quantitative estimate of drug-likeness (QED) is 0.403. The summed E-state index contributed by atoms with van der Waals surface area (Å²) in [5.41, 5.74) is 6.39. The van der Waals surface area contributed by atoms with E-state index in [1.54, 1.807) is 4.68 Å². The summed E-state index contributed by atoms with van der Waals surface area (Å²) in [4.78, 5) is 9.51. The summed E-state index contributed by atoms with van der Waals surface area (Å²) in [5.74, 6) is 1.37. The van der Waals surface area contributed by atoms with Crippen LogP contribution in [0.5, 0.6) is 11.8 Å². The molecule has 4 aromatic rings. The molecule has 2 aliphatic heterocycles. The topological polar surface area (TPSA) is 102 Å². The van der Waals surface area contributed by atoms with Crippen LogP contribution in [-0.2, 0) is 13.6 Å². The summed E-state index contributed by atoms with van der Waals surface area (Å²) in [6.07, 6.45) is 7.16. The van der Waals surface area contributed by atoms with E-state index >= 15 is 0 Å². The standard InChI is InChI=1S/C29H39N9O2/c1-7-39-28-21-9-10-23-22-13-24(30-14-25(22)32-31-23)27-20(4)33-36(6)29(27)40-19(3)16-35(5)17-26(21)38(34-28)18(2)15-37-11-8-12-37/h9-10,13-14,18-19H,7-8,11-12,15-17H2,1-6H3,(H,31,32)/b10-9+/t18-,19-/m0/s1. The third-order valence-electron chi connectivity index (χ3n) is 7.80. The van der Waals surface area contributed by atoms with Crippen molar-refractivity contribution in [2.75, 3.05) is 39.8 Å². The van der Waals surface area contributed by atoms with E-state index in [0.29, 0.717) is 24.9 Å². The minimum Gasteiger partial charge on any atom is -0.476 e. The Hall–Kier alpha value is -3.70. The number of nitrogens with zero attached hydrogens (tertiary/aromatic N) is 8. The fraction of sp³-hybridized carbons (Fsp3) is 0.517. The van der Waals surface area contributed by atoms with Crippen LogP contribution in [0, 0.1) is 6.92 Å². The number of likely N-dealkylation sites (N-methyl/N-ethyl adjacent to an activating group) is 1.